The molecule has 0 fully saturated rings. The van der Waals surface area contributed by atoms with Crippen molar-refractivity contribution in [3.05, 3.63) is 65.6 Å². The number of fused-ring (bicyclic) bond motifs is 1. The van der Waals surface area contributed by atoms with Gasteiger partial charge in [-0.25, -0.2) is 9.78 Å². The molecule has 0 spiro atoms. The van der Waals surface area contributed by atoms with Crippen molar-refractivity contribution in [2.75, 3.05) is 6.61 Å². The first kappa shape index (κ1) is 15.0. The third-order valence-electron chi connectivity index (χ3n) is 3.58. The normalized spacial score (nSPS) is 11.2. The summed E-state index contributed by atoms with van der Waals surface area (Å²) in [5.74, 6) is -0.307. The van der Waals surface area contributed by atoms with E-state index >= 15 is 0 Å². The van der Waals surface area contributed by atoms with E-state index in [-0.39, 0.29) is 5.97 Å². The summed E-state index contributed by atoms with van der Waals surface area (Å²) in [5.41, 5.74) is 3.32. The molecule has 0 aliphatic heterocycles. The van der Waals surface area contributed by atoms with Crippen molar-refractivity contribution in [2.45, 2.75) is 6.92 Å². The Labute approximate surface area is 135 Å². The number of carbonyl (C=O) groups is 1. The molecule has 0 bridgehead atoms. The van der Waals surface area contributed by atoms with E-state index in [1.54, 1.807) is 11.5 Å². The van der Waals surface area contributed by atoms with Crippen molar-refractivity contribution in [1.82, 2.24) is 9.55 Å². The highest BCUT2D eigenvalue weighted by atomic mass is 16.5. The molecule has 4 nitrogen and oxygen atoms in total. The number of hydrogen-bond donors (Lipinski definition) is 0. The first-order valence-electron chi connectivity index (χ1n) is 7.55. The van der Waals surface area contributed by atoms with E-state index in [2.05, 4.69) is 11.1 Å². The van der Waals surface area contributed by atoms with Crippen LogP contribution in [-0.2, 0) is 11.8 Å². The fourth-order valence-corrected chi connectivity index (χ4v) is 2.45. The number of aryl methyl sites for hydroxylation is 1. The third kappa shape index (κ3) is 3.31. The van der Waals surface area contributed by atoms with Crippen LogP contribution in [0.1, 0.15) is 28.7 Å². The van der Waals surface area contributed by atoms with Gasteiger partial charge in [0.1, 0.15) is 5.69 Å². The minimum Gasteiger partial charge on any atom is -0.461 e. The van der Waals surface area contributed by atoms with Gasteiger partial charge in [-0.3, -0.25) is 0 Å². The van der Waals surface area contributed by atoms with Crippen molar-refractivity contribution in [3.8, 4) is 0 Å². The molecule has 2 aromatic heterocycles. The molecule has 0 saturated heterocycles. The Morgan fingerprint density at radius 2 is 2.04 bits per heavy atom. The number of ether oxygens (including phenoxy) is 1. The summed E-state index contributed by atoms with van der Waals surface area (Å²) >= 11 is 0. The van der Waals surface area contributed by atoms with Crippen LogP contribution in [0, 0.1) is 0 Å². The Morgan fingerprint density at radius 3 is 2.87 bits per heavy atom. The first-order chi connectivity index (χ1) is 11.2. The number of para-hydroxylation sites is 1. The number of carbonyl (C=O) groups excluding carboxylic acids is 1. The first-order valence-corrected chi connectivity index (χ1v) is 7.55. The smallest absolute Gasteiger partial charge is 0.354 e. The van der Waals surface area contributed by atoms with Gasteiger partial charge in [-0.2, -0.15) is 0 Å². The maximum absolute atomic E-state index is 11.8. The summed E-state index contributed by atoms with van der Waals surface area (Å²) < 4.78 is 6.81. The molecule has 116 valence electrons. The second-order valence-corrected chi connectivity index (χ2v) is 5.25. The van der Waals surface area contributed by atoms with E-state index in [1.165, 1.54) is 0 Å². The lowest BCUT2D eigenvalue weighted by Crippen LogP contribution is -2.08. The van der Waals surface area contributed by atoms with Crippen LogP contribution in [0.2, 0.25) is 0 Å². The maximum Gasteiger partial charge on any atom is 0.354 e. The minimum atomic E-state index is -0.307. The molecule has 0 aliphatic carbocycles. The van der Waals surface area contributed by atoms with Gasteiger partial charge in [0.2, 0.25) is 0 Å². The summed E-state index contributed by atoms with van der Waals surface area (Å²) in [6.45, 7) is 2.17. The quantitative estimate of drug-likeness (QED) is 0.686. The van der Waals surface area contributed by atoms with Gasteiger partial charge in [0, 0.05) is 18.6 Å². The van der Waals surface area contributed by atoms with Crippen LogP contribution in [-0.4, -0.2) is 22.1 Å². The number of esters is 1. The summed E-state index contributed by atoms with van der Waals surface area (Å²) in [5, 5.41) is 1.12. The van der Waals surface area contributed by atoms with Gasteiger partial charge in [0.15, 0.2) is 0 Å². The van der Waals surface area contributed by atoms with E-state index in [4.69, 9.17) is 4.74 Å². The Morgan fingerprint density at radius 1 is 1.22 bits per heavy atom. The molecule has 3 rings (SSSR count). The molecular weight excluding hydrogens is 288 g/mol. The van der Waals surface area contributed by atoms with Crippen LogP contribution < -0.4 is 0 Å². The molecule has 0 atom stereocenters. The Balaban J connectivity index is 1.84. The predicted octanol–water partition coefficient (Wildman–Crippen LogP) is 3.92. The molecule has 0 radical (unpaired) electrons. The zero-order chi connectivity index (χ0) is 16.2. The standard InChI is InChI=1S/C19H18N2O2/c1-3-23-19(22)18-12-14(13-21(18)2)8-10-16-11-9-15-6-4-5-7-17(15)20-16/h4-13H,3H2,1-2H3/b10-8+. The lowest BCUT2D eigenvalue weighted by molar-refractivity contribution is 0.0515. The molecule has 2 heterocycles. The van der Waals surface area contributed by atoms with Crippen LogP contribution in [0.15, 0.2) is 48.7 Å². The molecular formula is C19H18N2O2. The van der Waals surface area contributed by atoms with Gasteiger partial charge < -0.3 is 9.30 Å². The highest BCUT2D eigenvalue weighted by molar-refractivity contribution is 5.89. The zero-order valence-corrected chi connectivity index (χ0v) is 13.2. The van der Waals surface area contributed by atoms with Crippen molar-refractivity contribution in [1.29, 1.82) is 0 Å². The van der Waals surface area contributed by atoms with Crippen LogP contribution in [0.4, 0.5) is 0 Å². The van der Waals surface area contributed by atoms with Gasteiger partial charge in [0.05, 0.1) is 17.8 Å². The molecule has 3 aromatic rings. The molecule has 23 heavy (non-hydrogen) atoms. The van der Waals surface area contributed by atoms with Crippen molar-refractivity contribution >= 4 is 29.0 Å². The van der Waals surface area contributed by atoms with Crippen LogP contribution in [0.5, 0.6) is 0 Å². The van der Waals surface area contributed by atoms with Gasteiger partial charge in [-0.1, -0.05) is 30.3 Å². The second kappa shape index (κ2) is 6.48. The topological polar surface area (TPSA) is 44.1 Å². The van der Waals surface area contributed by atoms with E-state index in [9.17, 15) is 4.79 Å². The number of nitrogens with zero attached hydrogens (tertiary/aromatic N) is 2. The number of pyridine rings is 1. The molecule has 4 heteroatoms. The highest BCUT2D eigenvalue weighted by Crippen LogP contribution is 2.15. The van der Waals surface area contributed by atoms with Crippen molar-refractivity contribution in [2.24, 2.45) is 7.05 Å². The third-order valence-corrected chi connectivity index (χ3v) is 3.58. The number of rotatable bonds is 4. The lowest BCUT2D eigenvalue weighted by Gasteiger charge is -2.01. The SMILES string of the molecule is CCOC(=O)c1cc(/C=C/c2ccc3ccccc3n2)cn1C. The van der Waals surface area contributed by atoms with Crippen LogP contribution >= 0.6 is 0 Å². The van der Waals surface area contributed by atoms with Crippen LogP contribution in [0.25, 0.3) is 23.1 Å². The zero-order valence-electron chi connectivity index (χ0n) is 13.2. The average Bonchev–Trinajstić information content (AvgIpc) is 2.94. The van der Waals surface area contributed by atoms with Gasteiger partial charge in [0.25, 0.3) is 0 Å². The summed E-state index contributed by atoms with van der Waals surface area (Å²) in [6.07, 6.45) is 5.78. The monoisotopic (exact) mass is 306 g/mol. The van der Waals surface area contributed by atoms with Crippen molar-refractivity contribution in [3.63, 3.8) is 0 Å². The van der Waals surface area contributed by atoms with Crippen LogP contribution in [0.3, 0.4) is 0 Å². The molecule has 0 aliphatic rings. The molecule has 0 amide bonds. The van der Waals surface area contributed by atoms with Gasteiger partial charge in [-0.05, 0) is 36.8 Å². The number of aromatic nitrogens is 2. The van der Waals surface area contributed by atoms with Crippen molar-refractivity contribution < 1.29 is 9.53 Å². The maximum atomic E-state index is 11.8. The summed E-state index contributed by atoms with van der Waals surface area (Å²) in [6, 6.07) is 13.9. The second-order valence-electron chi connectivity index (χ2n) is 5.25. The average molecular weight is 306 g/mol. The van der Waals surface area contributed by atoms with Gasteiger partial charge in [-0.15, -0.1) is 0 Å². The molecule has 1 aromatic carbocycles. The molecule has 0 unspecified atom stereocenters. The van der Waals surface area contributed by atoms with E-state index < -0.39 is 0 Å². The highest BCUT2D eigenvalue weighted by Gasteiger charge is 2.11. The Hall–Kier alpha value is -2.88. The summed E-state index contributed by atoms with van der Waals surface area (Å²) in [7, 11) is 1.83. The lowest BCUT2D eigenvalue weighted by atomic mass is 10.2. The largest absolute Gasteiger partial charge is 0.461 e. The fourth-order valence-electron chi connectivity index (χ4n) is 2.45. The summed E-state index contributed by atoms with van der Waals surface area (Å²) in [4.78, 5) is 16.4. The van der Waals surface area contributed by atoms with E-state index in [0.717, 1.165) is 22.2 Å². The fraction of sp³-hybridized carbons (Fsp3) is 0.158. The van der Waals surface area contributed by atoms with E-state index in [1.807, 2.05) is 61.8 Å². The minimum absolute atomic E-state index is 0.307. The van der Waals surface area contributed by atoms with Gasteiger partial charge >= 0.3 is 5.97 Å². The number of hydrogen-bond acceptors (Lipinski definition) is 3. The van der Waals surface area contributed by atoms with E-state index in [0.29, 0.717) is 12.3 Å². The Bertz CT molecular complexity index is 878. The molecule has 0 saturated carbocycles. The predicted molar refractivity (Wildman–Crippen MR) is 92.0 cm³/mol. The Kier molecular flexibility index (Phi) is 4.24. The number of benzene rings is 1. The molecule has 0 N–H and O–H groups in total.